The summed E-state index contributed by atoms with van der Waals surface area (Å²) in [4.78, 5) is 5.85. The number of rotatable bonds is 4. The van der Waals surface area contributed by atoms with Crippen molar-refractivity contribution >= 4 is 5.82 Å². The molecule has 0 saturated heterocycles. The Balaban J connectivity index is 2.48. The van der Waals surface area contributed by atoms with Gasteiger partial charge in [0.15, 0.2) is 5.82 Å². The molecule has 12 heavy (non-hydrogen) atoms. The molecule has 1 aromatic heterocycles. The maximum atomic E-state index is 5.38. The molecule has 0 aliphatic rings. The van der Waals surface area contributed by atoms with Crippen LogP contribution in [-0.2, 0) is 0 Å². The third kappa shape index (κ3) is 2.43. The Morgan fingerprint density at radius 1 is 1.58 bits per heavy atom. The average Bonchev–Trinajstić information content (AvgIpc) is 2.15. The maximum absolute atomic E-state index is 5.38. The molecule has 5 heteroatoms. The van der Waals surface area contributed by atoms with Crippen molar-refractivity contribution < 1.29 is 0 Å². The van der Waals surface area contributed by atoms with Crippen LogP contribution >= 0.6 is 0 Å². The highest BCUT2D eigenvalue weighted by Crippen LogP contribution is 2.02. The van der Waals surface area contributed by atoms with E-state index in [1.165, 1.54) is 6.33 Å². The first-order valence-corrected chi connectivity index (χ1v) is 3.88. The molecule has 0 aromatic carbocycles. The number of anilines is 1. The van der Waals surface area contributed by atoms with Crippen LogP contribution in [-0.4, -0.2) is 35.3 Å². The second-order valence-electron chi connectivity index (χ2n) is 2.53. The molecule has 2 N–H and O–H groups in total. The van der Waals surface area contributed by atoms with Gasteiger partial charge in [-0.05, 0) is 13.0 Å². The van der Waals surface area contributed by atoms with E-state index in [0.29, 0.717) is 6.54 Å². The van der Waals surface area contributed by atoms with E-state index < -0.39 is 0 Å². The summed E-state index contributed by atoms with van der Waals surface area (Å²) in [5.41, 5.74) is 5.38. The minimum Gasteiger partial charge on any atom is -0.357 e. The predicted octanol–water partition coefficient (Wildman–Crippen LogP) is -0.343. The van der Waals surface area contributed by atoms with Gasteiger partial charge >= 0.3 is 0 Å². The molecule has 5 nitrogen and oxygen atoms in total. The van der Waals surface area contributed by atoms with E-state index in [-0.39, 0.29) is 0 Å². The zero-order valence-corrected chi connectivity index (χ0v) is 7.14. The molecule has 0 unspecified atom stereocenters. The highest BCUT2D eigenvalue weighted by atomic mass is 15.3. The van der Waals surface area contributed by atoms with Crippen LogP contribution in [0.15, 0.2) is 12.5 Å². The lowest BCUT2D eigenvalue weighted by Gasteiger charge is -2.15. The Morgan fingerprint density at radius 3 is 3.00 bits per heavy atom. The molecule has 0 spiro atoms. The molecular formula is C7H13N5. The van der Waals surface area contributed by atoms with Gasteiger partial charge < -0.3 is 10.6 Å². The van der Waals surface area contributed by atoms with Gasteiger partial charge in [0.1, 0.15) is 6.33 Å². The summed E-state index contributed by atoms with van der Waals surface area (Å²) in [6, 6.07) is 0. The average molecular weight is 167 g/mol. The Morgan fingerprint density at radius 2 is 2.42 bits per heavy atom. The van der Waals surface area contributed by atoms with Gasteiger partial charge in [-0.25, -0.2) is 4.98 Å². The van der Waals surface area contributed by atoms with Crippen LogP contribution in [0.25, 0.3) is 0 Å². The molecule has 0 saturated carbocycles. The smallest absolute Gasteiger partial charge is 0.169 e. The van der Waals surface area contributed by atoms with E-state index in [9.17, 15) is 0 Å². The van der Waals surface area contributed by atoms with Crippen LogP contribution in [0.4, 0.5) is 5.82 Å². The van der Waals surface area contributed by atoms with E-state index in [1.807, 2.05) is 11.9 Å². The predicted molar refractivity (Wildman–Crippen MR) is 46.8 cm³/mol. The number of nitrogens with two attached hydrogens (primary N) is 1. The Hall–Kier alpha value is -1.23. The fraction of sp³-hybridized carbons (Fsp3) is 0.571. The fourth-order valence-corrected chi connectivity index (χ4v) is 0.859. The van der Waals surface area contributed by atoms with E-state index in [1.54, 1.807) is 6.20 Å². The van der Waals surface area contributed by atoms with E-state index >= 15 is 0 Å². The lowest BCUT2D eigenvalue weighted by Crippen LogP contribution is -2.22. The molecule has 0 atom stereocenters. The minimum absolute atomic E-state index is 0.692. The van der Waals surface area contributed by atoms with E-state index in [2.05, 4.69) is 15.2 Å². The van der Waals surface area contributed by atoms with Crippen LogP contribution in [0.5, 0.6) is 0 Å². The van der Waals surface area contributed by atoms with Crippen LogP contribution in [0, 0.1) is 0 Å². The summed E-state index contributed by atoms with van der Waals surface area (Å²) in [5.74, 6) is 0.783. The van der Waals surface area contributed by atoms with Gasteiger partial charge in [0, 0.05) is 13.6 Å². The third-order valence-electron chi connectivity index (χ3n) is 1.56. The van der Waals surface area contributed by atoms with Crippen molar-refractivity contribution in [1.82, 2.24) is 15.2 Å². The number of hydrogen-bond acceptors (Lipinski definition) is 5. The standard InChI is InChI=1S/C7H13N5/c1-12(4-2-3-8)7-5-9-6-10-11-7/h5-6H,2-4,8H2,1H3. The van der Waals surface area contributed by atoms with E-state index in [0.717, 1.165) is 18.8 Å². The largest absolute Gasteiger partial charge is 0.357 e. The molecule has 0 radical (unpaired) electrons. The lowest BCUT2D eigenvalue weighted by molar-refractivity contribution is 0.772. The fourth-order valence-electron chi connectivity index (χ4n) is 0.859. The second-order valence-corrected chi connectivity index (χ2v) is 2.53. The van der Waals surface area contributed by atoms with Crippen LogP contribution in [0.2, 0.25) is 0 Å². The molecule has 0 aliphatic heterocycles. The van der Waals surface area contributed by atoms with Crippen molar-refractivity contribution in [2.24, 2.45) is 5.73 Å². The molecule has 0 fully saturated rings. The molecule has 1 rings (SSSR count). The van der Waals surface area contributed by atoms with Crippen molar-refractivity contribution in [2.75, 3.05) is 25.0 Å². The summed E-state index contributed by atoms with van der Waals surface area (Å²) in [7, 11) is 1.95. The number of nitrogens with zero attached hydrogens (tertiary/aromatic N) is 4. The van der Waals surface area contributed by atoms with Crippen LogP contribution < -0.4 is 10.6 Å². The zero-order valence-electron chi connectivity index (χ0n) is 7.14. The van der Waals surface area contributed by atoms with Crippen molar-refractivity contribution in [3.8, 4) is 0 Å². The van der Waals surface area contributed by atoms with Crippen molar-refractivity contribution in [1.29, 1.82) is 0 Å². The lowest BCUT2D eigenvalue weighted by atomic mass is 10.4. The number of aromatic nitrogens is 3. The van der Waals surface area contributed by atoms with Gasteiger partial charge in [0.05, 0.1) is 6.20 Å². The Bertz CT molecular complexity index is 212. The SMILES string of the molecule is CN(CCCN)c1cncnn1. The van der Waals surface area contributed by atoms with Gasteiger partial charge in [-0.2, -0.15) is 0 Å². The normalized spacial score (nSPS) is 9.83. The summed E-state index contributed by atoms with van der Waals surface area (Å²) in [6.45, 7) is 1.58. The molecule has 0 bridgehead atoms. The monoisotopic (exact) mass is 167 g/mol. The number of hydrogen-bond donors (Lipinski definition) is 1. The van der Waals surface area contributed by atoms with Crippen LogP contribution in [0.1, 0.15) is 6.42 Å². The summed E-state index contributed by atoms with van der Waals surface area (Å²) in [6.07, 6.45) is 4.05. The first kappa shape index (κ1) is 8.86. The summed E-state index contributed by atoms with van der Waals surface area (Å²) in [5, 5.41) is 7.58. The molecule has 0 amide bonds. The maximum Gasteiger partial charge on any atom is 0.169 e. The quantitative estimate of drug-likeness (QED) is 0.664. The van der Waals surface area contributed by atoms with Crippen molar-refractivity contribution in [2.45, 2.75) is 6.42 Å². The van der Waals surface area contributed by atoms with Gasteiger partial charge in [0.2, 0.25) is 0 Å². The highest BCUT2D eigenvalue weighted by molar-refractivity contribution is 5.31. The Labute approximate surface area is 71.6 Å². The summed E-state index contributed by atoms with van der Waals surface area (Å²) >= 11 is 0. The second kappa shape index (κ2) is 4.61. The van der Waals surface area contributed by atoms with Crippen molar-refractivity contribution in [3.63, 3.8) is 0 Å². The van der Waals surface area contributed by atoms with Gasteiger partial charge in [-0.15, -0.1) is 10.2 Å². The Kier molecular flexibility index (Phi) is 3.40. The first-order chi connectivity index (χ1) is 5.84. The molecule has 1 heterocycles. The van der Waals surface area contributed by atoms with Crippen molar-refractivity contribution in [3.05, 3.63) is 12.5 Å². The summed E-state index contributed by atoms with van der Waals surface area (Å²) < 4.78 is 0. The topological polar surface area (TPSA) is 67.9 Å². The van der Waals surface area contributed by atoms with Crippen LogP contribution in [0.3, 0.4) is 0 Å². The third-order valence-corrected chi connectivity index (χ3v) is 1.56. The molecule has 66 valence electrons. The van der Waals surface area contributed by atoms with Gasteiger partial charge in [0.25, 0.3) is 0 Å². The zero-order chi connectivity index (χ0) is 8.81. The molecule has 1 aromatic rings. The van der Waals surface area contributed by atoms with Gasteiger partial charge in [-0.1, -0.05) is 0 Å². The first-order valence-electron chi connectivity index (χ1n) is 3.88. The van der Waals surface area contributed by atoms with E-state index in [4.69, 9.17) is 5.73 Å². The highest BCUT2D eigenvalue weighted by Gasteiger charge is 2.00. The minimum atomic E-state index is 0.692. The molecule has 0 aliphatic carbocycles. The van der Waals surface area contributed by atoms with Gasteiger partial charge in [-0.3, -0.25) is 0 Å². The molecular weight excluding hydrogens is 154 g/mol.